The van der Waals surface area contributed by atoms with Crippen LogP contribution in [-0.2, 0) is 0 Å². The van der Waals surface area contributed by atoms with E-state index in [1.54, 1.807) is 0 Å². The van der Waals surface area contributed by atoms with Crippen molar-refractivity contribution in [1.82, 2.24) is 24.9 Å². The molecule has 5 aromatic carbocycles. The van der Waals surface area contributed by atoms with Crippen LogP contribution in [0.25, 0.3) is 78.5 Å². The number of hydrogen-bond donors (Lipinski definition) is 0. The molecule has 0 aliphatic carbocycles. The van der Waals surface area contributed by atoms with Crippen LogP contribution >= 0.6 is 0 Å². The highest BCUT2D eigenvalue weighted by Gasteiger charge is 2.14. The third kappa shape index (κ3) is 4.19. The quantitative estimate of drug-likeness (QED) is 0.229. The molecule has 3 aromatic heterocycles. The minimum absolute atomic E-state index is 0.546. The van der Waals surface area contributed by atoms with E-state index in [0.717, 1.165) is 55.3 Å². The summed E-state index contributed by atoms with van der Waals surface area (Å²) in [6.07, 6.45) is 0. The van der Waals surface area contributed by atoms with Crippen LogP contribution in [-0.4, -0.2) is 24.9 Å². The van der Waals surface area contributed by atoms with E-state index in [-0.39, 0.29) is 0 Å². The number of para-hydroxylation sites is 2. The minimum atomic E-state index is 0.546. The fraction of sp³-hybridized carbons (Fsp3) is 0. The zero-order chi connectivity index (χ0) is 27.2. The normalized spacial score (nSPS) is 11.4. The summed E-state index contributed by atoms with van der Waals surface area (Å²) < 4.78 is 6.03. The summed E-state index contributed by atoms with van der Waals surface area (Å²) >= 11 is 0. The van der Waals surface area contributed by atoms with Crippen molar-refractivity contribution in [2.24, 2.45) is 0 Å². The van der Waals surface area contributed by atoms with Gasteiger partial charge in [0.2, 0.25) is 5.71 Å². The lowest BCUT2D eigenvalue weighted by molar-refractivity contribution is 0.655. The highest BCUT2D eigenvalue weighted by Crippen LogP contribution is 2.33. The molecule has 0 N–H and O–H groups in total. The molecule has 0 fully saturated rings. The van der Waals surface area contributed by atoms with Crippen LogP contribution in [0.2, 0.25) is 0 Å². The van der Waals surface area contributed by atoms with Gasteiger partial charge in [0.05, 0.1) is 11.0 Å². The average Bonchev–Trinajstić information content (AvgIpc) is 3.41. The Kier molecular flexibility index (Phi) is 5.35. The van der Waals surface area contributed by atoms with E-state index >= 15 is 0 Å². The summed E-state index contributed by atoms with van der Waals surface area (Å²) in [7, 11) is 0. The average molecular weight is 528 g/mol. The maximum absolute atomic E-state index is 6.03. The van der Waals surface area contributed by atoms with Crippen molar-refractivity contribution in [3.05, 3.63) is 127 Å². The molecule has 0 amide bonds. The van der Waals surface area contributed by atoms with Gasteiger partial charge in [-0.05, 0) is 35.4 Å². The van der Waals surface area contributed by atoms with Gasteiger partial charge in [0.1, 0.15) is 11.1 Å². The Morgan fingerprint density at radius 3 is 1.49 bits per heavy atom. The smallest absolute Gasteiger partial charge is 0.246 e. The van der Waals surface area contributed by atoms with Gasteiger partial charge in [-0.3, -0.25) is 0 Å². The van der Waals surface area contributed by atoms with E-state index in [1.807, 2.05) is 91.0 Å². The monoisotopic (exact) mass is 527 g/mol. The third-order valence-electron chi connectivity index (χ3n) is 7.16. The number of fused-ring (bicyclic) bond motifs is 4. The Bertz CT molecular complexity index is 2130. The second kappa shape index (κ2) is 9.47. The van der Waals surface area contributed by atoms with Gasteiger partial charge in [0.15, 0.2) is 17.5 Å². The van der Waals surface area contributed by atoms with Gasteiger partial charge in [-0.15, -0.1) is 0 Å². The Morgan fingerprint density at radius 2 is 0.878 bits per heavy atom. The van der Waals surface area contributed by atoms with Crippen LogP contribution in [0, 0.1) is 0 Å². The van der Waals surface area contributed by atoms with Gasteiger partial charge in [0.25, 0.3) is 0 Å². The lowest BCUT2D eigenvalue weighted by Crippen LogP contribution is -2.00. The second-order valence-electron chi connectivity index (χ2n) is 9.79. The predicted molar refractivity (Wildman–Crippen MR) is 162 cm³/mol. The van der Waals surface area contributed by atoms with Gasteiger partial charge >= 0.3 is 0 Å². The first kappa shape index (κ1) is 23.2. The predicted octanol–water partition coefficient (Wildman–Crippen LogP) is 8.38. The maximum atomic E-state index is 6.03. The second-order valence-corrected chi connectivity index (χ2v) is 9.79. The topological polar surface area (TPSA) is 77.6 Å². The molecule has 41 heavy (non-hydrogen) atoms. The molecular weight excluding hydrogens is 506 g/mol. The number of rotatable bonds is 4. The van der Waals surface area contributed by atoms with Crippen LogP contribution in [0.1, 0.15) is 0 Å². The summed E-state index contributed by atoms with van der Waals surface area (Å²) in [6.45, 7) is 0. The summed E-state index contributed by atoms with van der Waals surface area (Å²) in [5.41, 5.74) is 8.68. The van der Waals surface area contributed by atoms with Gasteiger partial charge < -0.3 is 4.42 Å². The van der Waals surface area contributed by atoms with E-state index in [9.17, 15) is 0 Å². The Labute approximate surface area is 235 Å². The molecule has 3 heterocycles. The van der Waals surface area contributed by atoms with E-state index in [0.29, 0.717) is 23.2 Å². The summed E-state index contributed by atoms with van der Waals surface area (Å²) in [5.74, 6) is 1.91. The molecule has 0 radical (unpaired) electrons. The molecule has 0 aliphatic rings. The molecule has 0 bridgehead atoms. The first-order valence-electron chi connectivity index (χ1n) is 13.4. The molecule has 0 spiro atoms. The number of aromatic nitrogens is 5. The van der Waals surface area contributed by atoms with Crippen LogP contribution in [0.3, 0.4) is 0 Å². The van der Waals surface area contributed by atoms with E-state index in [2.05, 4.69) is 41.4 Å². The van der Waals surface area contributed by atoms with Crippen LogP contribution in [0.5, 0.6) is 0 Å². The van der Waals surface area contributed by atoms with Gasteiger partial charge in [-0.1, -0.05) is 103 Å². The SMILES string of the molecule is c1ccc(-c2nc(-c3ccccc3)nc(-c3ccc(-c4ccc5oc6nc7ccccc7nc6c5c4)cc3)n2)cc1. The van der Waals surface area contributed by atoms with Crippen molar-refractivity contribution in [2.45, 2.75) is 0 Å². The minimum Gasteiger partial charge on any atom is -0.436 e. The number of furan rings is 1. The number of benzene rings is 5. The third-order valence-corrected chi connectivity index (χ3v) is 7.16. The van der Waals surface area contributed by atoms with Crippen LogP contribution in [0.4, 0.5) is 0 Å². The largest absolute Gasteiger partial charge is 0.436 e. The molecule has 0 saturated heterocycles. The Balaban J connectivity index is 1.20. The molecular formula is C35H21N5O. The lowest BCUT2D eigenvalue weighted by Gasteiger charge is -2.09. The molecule has 192 valence electrons. The number of nitrogens with zero attached hydrogens (tertiary/aromatic N) is 5. The molecule has 0 atom stereocenters. The van der Waals surface area contributed by atoms with Crippen molar-refractivity contribution in [1.29, 1.82) is 0 Å². The summed E-state index contributed by atoms with van der Waals surface area (Å²) in [5, 5.41) is 0.942. The molecule has 0 unspecified atom stereocenters. The molecule has 8 aromatic rings. The Hall–Kier alpha value is -5.75. The fourth-order valence-electron chi connectivity index (χ4n) is 5.07. The van der Waals surface area contributed by atoms with E-state index in [1.165, 1.54) is 0 Å². The molecule has 8 rings (SSSR count). The fourth-order valence-corrected chi connectivity index (χ4v) is 5.07. The maximum Gasteiger partial charge on any atom is 0.246 e. The van der Waals surface area contributed by atoms with Crippen molar-refractivity contribution in [3.8, 4) is 45.3 Å². The number of hydrogen-bond acceptors (Lipinski definition) is 6. The van der Waals surface area contributed by atoms with Crippen molar-refractivity contribution in [3.63, 3.8) is 0 Å². The summed E-state index contributed by atoms with van der Waals surface area (Å²) in [6, 6.07) is 42.3. The van der Waals surface area contributed by atoms with Crippen molar-refractivity contribution >= 4 is 33.2 Å². The van der Waals surface area contributed by atoms with Gasteiger partial charge in [-0.2, -0.15) is 0 Å². The first-order chi connectivity index (χ1) is 20.3. The molecule has 6 heteroatoms. The summed E-state index contributed by atoms with van der Waals surface area (Å²) in [4.78, 5) is 24.0. The zero-order valence-corrected chi connectivity index (χ0v) is 21.8. The van der Waals surface area contributed by atoms with E-state index in [4.69, 9.17) is 24.4 Å². The van der Waals surface area contributed by atoms with Crippen molar-refractivity contribution in [2.75, 3.05) is 0 Å². The van der Waals surface area contributed by atoms with E-state index < -0.39 is 0 Å². The Morgan fingerprint density at radius 1 is 0.390 bits per heavy atom. The first-order valence-corrected chi connectivity index (χ1v) is 13.4. The highest BCUT2D eigenvalue weighted by molar-refractivity contribution is 6.04. The standard InChI is InChI=1S/C35H21N5O/c1-3-9-23(10-4-1)32-38-33(24-11-5-2-6-12-24)40-34(39-32)25-17-15-22(16-18-25)26-19-20-30-27(21-26)31-35(41-30)37-29-14-8-7-13-28(29)36-31/h1-21H. The van der Waals surface area contributed by atoms with Gasteiger partial charge in [-0.25, -0.2) is 24.9 Å². The lowest BCUT2D eigenvalue weighted by atomic mass is 10.0. The highest BCUT2D eigenvalue weighted by atomic mass is 16.3. The zero-order valence-electron chi connectivity index (χ0n) is 21.8. The van der Waals surface area contributed by atoms with Gasteiger partial charge in [0, 0.05) is 22.1 Å². The van der Waals surface area contributed by atoms with Crippen LogP contribution < -0.4 is 0 Å². The molecule has 6 nitrogen and oxygen atoms in total. The molecule has 0 saturated carbocycles. The van der Waals surface area contributed by atoms with Crippen molar-refractivity contribution < 1.29 is 4.42 Å². The van der Waals surface area contributed by atoms with Crippen LogP contribution in [0.15, 0.2) is 132 Å². The molecule has 0 aliphatic heterocycles.